The van der Waals surface area contributed by atoms with Crippen molar-refractivity contribution in [1.82, 2.24) is 4.31 Å². The lowest BCUT2D eigenvalue weighted by Gasteiger charge is -2.21. The van der Waals surface area contributed by atoms with Crippen LogP contribution in [0.25, 0.3) is 0 Å². The third-order valence-corrected chi connectivity index (χ3v) is 6.73. The van der Waals surface area contributed by atoms with Crippen LogP contribution in [-0.2, 0) is 10.0 Å². The Balaban J connectivity index is 2.11. The zero-order valence-corrected chi connectivity index (χ0v) is 17.8. The van der Waals surface area contributed by atoms with Crippen LogP contribution in [-0.4, -0.2) is 68.2 Å². The molecule has 2 rings (SSSR count). The molecule has 1 aliphatic rings. The second-order valence-corrected chi connectivity index (χ2v) is 9.34. The van der Waals surface area contributed by atoms with E-state index in [1.54, 1.807) is 0 Å². The van der Waals surface area contributed by atoms with Crippen LogP contribution < -0.4 is 9.64 Å². The predicted molar refractivity (Wildman–Crippen MR) is 109 cm³/mol. The molecular formula is C19H30N3O6S+. The van der Waals surface area contributed by atoms with Crippen LogP contribution in [0.15, 0.2) is 35.2 Å². The number of quaternary nitrogens is 1. The molecule has 1 aliphatic heterocycles. The molecule has 9 nitrogen and oxygen atoms in total. The molecule has 29 heavy (non-hydrogen) atoms. The molecule has 0 saturated carbocycles. The fraction of sp³-hybridized carbons (Fsp3) is 0.579. The summed E-state index contributed by atoms with van der Waals surface area (Å²) in [4.78, 5) is 11.8. The van der Waals surface area contributed by atoms with E-state index in [1.807, 2.05) is 13.8 Å². The zero-order chi connectivity index (χ0) is 21.6. The van der Waals surface area contributed by atoms with Crippen molar-refractivity contribution >= 4 is 15.7 Å². The molecule has 1 unspecified atom stereocenters. The number of nitro groups is 1. The van der Waals surface area contributed by atoms with Crippen molar-refractivity contribution in [3.63, 3.8) is 0 Å². The number of nitrogens with zero attached hydrogens (tertiary/aromatic N) is 2. The third kappa shape index (κ3) is 6.23. The van der Waals surface area contributed by atoms with Gasteiger partial charge in [-0.1, -0.05) is 6.58 Å². The number of aliphatic hydroxyl groups excluding tert-OH is 1. The van der Waals surface area contributed by atoms with Gasteiger partial charge in [-0.3, -0.25) is 10.1 Å². The summed E-state index contributed by atoms with van der Waals surface area (Å²) in [5.41, 5.74) is 0.569. The van der Waals surface area contributed by atoms with E-state index in [1.165, 1.54) is 16.4 Å². The topological polar surface area (TPSA) is 114 Å². The van der Waals surface area contributed by atoms with Crippen LogP contribution in [0.3, 0.4) is 0 Å². The minimum Gasteiger partial charge on any atom is -0.484 e. The van der Waals surface area contributed by atoms with Crippen molar-refractivity contribution in [2.24, 2.45) is 0 Å². The first-order chi connectivity index (χ1) is 13.6. The maximum absolute atomic E-state index is 12.6. The van der Waals surface area contributed by atoms with Gasteiger partial charge in [0, 0.05) is 19.2 Å². The number of rotatable bonds is 11. The van der Waals surface area contributed by atoms with Crippen molar-refractivity contribution in [2.45, 2.75) is 37.7 Å². The summed E-state index contributed by atoms with van der Waals surface area (Å²) in [6, 6.07) is 3.62. The van der Waals surface area contributed by atoms with Gasteiger partial charge in [0.1, 0.15) is 19.3 Å². The Labute approximate surface area is 171 Å². The molecule has 0 radical (unpaired) electrons. The monoisotopic (exact) mass is 428 g/mol. The first-order valence-electron chi connectivity index (χ1n) is 9.72. The van der Waals surface area contributed by atoms with Crippen molar-refractivity contribution in [3.8, 4) is 5.75 Å². The summed E-state index contributed by atoms with van der Waals surface area (Å²) in [7, 11) is -3.76. The second-order valence-electron chi connectivity index (χ2n) is 7.40. The van der Waals surface area contributed by atoms with E-state index in [4.69, 9.17) is 4.74 Å². The lowest BCUT2D eigenvalue weighted by atomic mass is 10.2. The van der Waals surface area contributed by atoms with Crippen molar-refractivity contribution in [3.05, 3.63) is 40.5 Å². The normalized spacial score (nSPS) is 17.1. The van der Waals surface area contributed by atoms with E-state index >= 15 is 0 Å². The minimum atomic E-state index is -3.76. The molecule has 0 amide bonds. The largest absolute Gasteiger partial charge is 0.484 e. The van der Waals surface area contributed by atoms with Gasteiger partial charge in [0.25, 0.3) is 0 Å². The van der Waals surface area contributed by atoms with Crippen LogP contribution in [0, 0.1) is 10.1 Å². The smallest absolute Gasteiger partial charge is 0.312 e. The molecule has 1 saturated heterocycles. The summed E-state index contributed by atoms with van der Waals surface area (Å²) in [5.74, 6) is -0.0626. The highest BCUT2D eigenvalue weighted by Gasteiger charge is 2.30. The Morgan fingerprint density at radius 2 is 2.07 bits per heavy atom. The fourth-order valence-corrected chi connectivity index (χ4v) is 4.88. The van der Waals surface area contributed by atoms with Crippen LogP contribution in [0.4, 0.5) is 5.69 Å². The number of sulfonamides is 1. The van der Waals surface area contributed by atoms with Gasteiger partial charge < -0.3 is 14.7 Å². The Hall–Kier alpha value is -2.01. The number of likely N-dealkylation sites (N-methyl/N-ethyl adjacent to an activating group) is 1. The van der Waals surface area contributed by atoms with Crippen molar-refractivity contribution in [2.75, 3.05) is 39.3 Å². The maximum atomic E-state index is 12.6. The third-order valence-electron chi connectivity index (χ3n) is 4.84. The lowest BCUT2D eigenvalue weighted by molar-refractivity contribution is -0.896. The number of ether oxygens (including phenoxy) is 1. The summed E-state index contributed by atoms with van der Waals surface area (Å²) >= 11 is 0. The first-order valence-corrected chi connectivity index (χ1v) is 11.2. The van der Waals surface area contributed by atoms with Gasteiger partial charge in [-0.25, -0.2) is 8.42 Å². The van der Waals surface area contributed by atoms with Crippen molar-refractivity contribution < 1.29 is 28.1 Å². The van der Waals surface area contributed by atoms with E-state index < -0.39 is 26.7 Å². The standard InChI is InChI=1S/C19H29N3O6S/c1-4-20(12-15(2)3)13-16(23)14-28-19-8-7-17(11-18(19)22(24)25)29(26,27)21-9-5-6-10-21/h7-8,11,16,23H,2,4-6,9-10,12-14H2,1,3H3/p+1/t16-/m1/s1. The molecule has 1 fully saturated rings. The summed E-state index contributed by atoms with van der Waals surface area (Å²) in [6.07, 6.45) is 0.738. The molecule has 0 aromatic heterocycles. The van der Waals surface area contributed by atoms with Crippen LogP contribution in [0.1, 0.15) is 26.7 Å². The van der Waals surface area contributed by atoms with Crippen LogP contribution >= 0.6 is 0 Å². The van der Waals surface area contributed by atoms with Crippen LogP contribution in [0.2, 0.25) is 0 Å². The lowest BCUT2D eigenvalue weighted by Crippen LogP contribution is -3.13. The van der Waals surface area contributed by atoms with Gasteiger partial charge in [-0.2, -0.15) is 4.31 Å². The van der Waals surface area contributed by atoms with Gasteiger partial charge in [-0.15, -0.1) is 0 Å². The molecule has 1 aromatic carbocycles. The molecule has 0 aliphatic carbocycles. The molecular weight excluding hydrogens is 398 g/mol. The quantitative estimate of drug-likeness (QED) is 0.303. The SMILES string of the molecule is C=C(C)C[NH+](CC)C[C@@H](O)COc1ccc(S(=O)(=O)N2CCCC2)cc1[N+](=O)[O-]. The van der Waals surface area contributed by atoms with Crippen molar-refractivity contribution in [1.29, 1.82) is 0 Å². The summed E-state index contributed by atoms with van der Waals surface area (Å²) in [6.45, 7) is 10.4. The molecule has 1 aromatic rings. The molecule has 0 spiro atoms. The van der Waals surface area contributed by atoms with Gasteiger partial charge in [0.05, 0.1) is 22.9 Å². The van der Waals surface area contributed by atoms with E-state index in [9.17, 15) is 23.6 Å². The molecule has 1 heterocycles. The number of benzene rings is 1. The molecule has 2 N–H and O–H groups in total. The molecule has 2 atom stereocenters. The predicted octanol–water partition coefficient (Wildman–Crippen LogP) is 0.600. The number of hydrogen-bond acceptors (Lipinski definition) is 6. The minimum absolute atomic E-state index is 0.0626. The summed E-state index contributed by atoms with van der Waals surface area (Å²) in [5, 5.41) is 21.7. The highest BCUT2D eigenvalue weighted by molar-refractivity contribution is 7.89. The highest BCUT2D eigenvalue weighted by atomic mass is 32.2. The fourth-order valence-electron chi connectivity index (χ4n) is 3.35. The number of nitro benzene ring substituents is 1. The van der Waals surface area contributed by atoms with E-state index in [0.717, 1.165) is 42.5 Å². The average Bonchev–Trinajstić information content (AvgIpc) is 3.20. The van der Waals surface area contributed by atoms with E-state index in [0.29, 0.717) is 19.6 Å². The van der Waals surface area contributed by atoms with Gasteiger partial charge >= 0.3 is 5.69 Å². The second kappa shape index (κ2) is 10.1. The summed E-state index contributed by atoms with van der Waals surface area (Å²) < 4.78 is 32.1. The average molecular weight is 429 g/mol. The van der Waals surface area contributed by atoms with Gasteiger partial charge in [-0.05, 0) is 44.4 Å². The van der Waals surface area contributed by atoms with Crippen LogP contribution in [0.5, 0.6) is 5.75 Å². The Kier molecular flexibility index (Phi) is 8.14. The van der Waals surface area contributed by atoms with Gasteiger partial charge in [0.2, 0.25) is 10.0 Å². The number of nitrogens with one attached hydrogen (secondary N) is 1. The Morgan fingerprint density at radius 3 is 2.62 bits per heavy atom. The molecule has 162 valence electrons. The number of hydrogen-bond donors (Lipinski definition) is 2. The van der Waals surface area contributed by atoms with Gasteiger partial charge in [0.15, 0.2) is 5.75 Å². The molecule has 0 bridgehead atoms. The zero-order valence-electron chi connectivity index (χ0n) is 17.0. The Bertz CT molecular complexity index is 836. The number of aliphatic hydroxyl groups is 1. The van der Waals surface area contributed by atoms with E-state index in [-0.39, 0.29) is 17.3 Å². The highest BCUT2D eigenvalue weighted by Crippen LogP contribution is 2.31. The molecule has 10 heteroatoms. The maximum Gasteiger partial charge on any atom is 0.312 e. The van der Waals surface area contributed by atoms with E-state index in [2.05, 4.69) is 6.58 Å². The Morgan fingerprint density at radius 1 is 1.41 bits per heavy atom. The first kappa shape index (κ1) is 23.3.